The smallest absolute Gasteiger partial charge is 0.345 e. The van der Waals surface area contributed by atoms with Crippen molar-refractivity contribution in [3.8, 4) is 5.75 Å². The molecule has 1 radical (unpaired) electrons. The average Bonchev–Trinajstić information content (AvgIpc) is 2.31. The predicted molar refractivity (Wildman–Crippen MR) is 61.7 cm³/mol. The van der Waals surface area contributed by atoms with Gasteiger partial charge in [-0.25, -0.2) is 4.79 Å². The Bertz CT molecular complexity index is 494. The zero-order chi connectivity index (χ0) is 11.4. The highest BCUT2D eigenvalue weighted by Gasteiger charge is 2.11. The van der Waals surface area contributed by atoms with E-state index in [0.717, 1.165) is 0 Å². The van der Waals surface area contributed by atoms with E-state index in [1.54, 1.807) is 42.5 Å². The highest BCUT2D eigenvalue weighted by Crippen LogP contribution is 2.17. The molecule has 0 heterocycles. The molecule has 3 heteroatoms. The minimum Gasteiger partial charge on any atom is -0.423 e. The summed E-state index contributed by atoms with van der Waals surface area (Å²) in [5.41, 5.74) is 0.244. The Hall–Kier alpha value is -1.80. The number of carbonyl (C=O) groups is 1. The number of carbonyl (C=O) groups excluding carboxylic acids is 1. The quantitative estimate of drug-likeness (QED) is 0.585. The lowest BCUT2D eigenvalue weighted by atomic mass is 10.2. The Balaban J connectivity index is 2.19. The number of halogens is 1. The number of esters is 1. The molecule has 0 spiro atoms. The monoisotopic (exact) mass is 231 g/mol. The molecule has 2 rings (SSSR count). The van der Waals surface area contributed by atoms with Crippen molar-refractivity contribution in [1.82, 2.24) is 0 Å². The summed E-state index contributed by atoms with van der Waals surface area (Å²) < 4.78 is 5.13. The van der Waals surface area contributed by atoms with Crippen LogP contribution in [0.3, 0.4) is 0 Å². The van der Waals surface area contributed by atoms with Crippen LogP contribution in [0.25, 0.3) is 0 Å². The number of para-hydroxylation sites is 1. The first-order chi connectivity index (χ1) is 7.77. The molecule has 0 aliphatic carbocycles. The van der Waals surface area contributed by atoms with Crippen molar-refractivity contribution in [3.05, 3.63) is 65.2 Å². The van der Waals surface area contributed by atoms with E-state index in [1.165, 1.54) is 0 Å². The molecule has 0 saturated carbocycles. The van der Waals surface area contributed by atoms with Crippen LogP contribution in [-0.2, 0) is 0 Å². The van der Waals surface area contributed by atoms with E-state index < -0.39 is 5.97 Å². The topological polar surface area (TPSA) is 26.3 Å². The van der Waals surface area contributed by atoms with Gasteiger partial charge in [0.2, 0.25) is 0 Å². The third kappa shape index (κ3) is 2.41. The molecule has 0 bridgehead atoms. The zero-order valence-corrected chi connectivity index (χ0v) is 9.07. The molecule has 0 aliphatic rings. The first-order valence-corrected chi connectivity index (χ1v) is 5.08. The lowest BCUT2D eigenvalue weighted by Crippen LogP contribution is -2.09. The van der Waals surface area contributed by atoms with E-state index in [-0.39, 0.29) is 5.56 Å². The number of rotatable bonds is 2. The van der Waals surface area contributed by atoms with Crippen LogP contribution in [0.2, 0.25) is 5.02 Å². The maximum absolute atomic E-state index is 11.7. The summed E-state index contributed by atoms with van der Waals surface area (Å²) in [6, 6.07) is 16.5. The van der Waals surface area contributed by atoms with Gasteiger partial charge in [-0.3, -0.25) is 0 Å². The van der Waals surface area contributed by atoms with Gasteiger partial charge in [-0.2, -0.15) is 0 Å². The average molecular weight is 232 g/mol. The second-order valence-corrected chi connectivity index (χ2v) is 3.50. The Morgan fingerprint density at radius 2 is 1.88 bits per heavy atom. The molecule has 0 aliphatic heterocycles. The molecule has 79 valence electrons. The molecule has 0 fully saturated rings. The molecule has 0 unspecified atom stereocenters. The first kappa shape index (κ1) is 10.7. The summed E-state index contributed by atoms with van der Waals surface area (Å²) in [4.78, 5) is 11.7. The third-order valence-corrected chi connectivity index (χ3v) is 2.28. The molecule has 16 heavy (non-hydrogen) atoms. The van der Waals surface area contributed by atoms with Crippen molar-refractivity contribution in [1.29, 1.82) is 0 Å². The van der Waals surface area contributed by atoms with Crippen LogP contribution in [0, 0.1) is 6.07 Å². The van der Waals surface area contributed by atoms with Crippen LogP contribution in [0.1, 0.15) is 10.4 Å². The van der Waals surface area contributed by atoms with Crippen molar-refractivity contribution < 1.29 is 9.53 Å². The fraction of sp³-hybridized carbons (Fsp3) is 0. The Kier molecular flexibility index (Phi) is 3.22. The highest BCUT2D eigenvalue weighted by molar-refractivity contribution is 6.33. The summed E-state index contributed by atoms with van der Waals surface area (Å²) in [6.45, 7) is 0. The Labute approximate surface area is 98.4 Å². The lowest BCUT2D eigenvalue weighted by Gasteiger charge is -2.04. The van der Waals surface area contributed by atoms with Gasteiger partial charge >= 0.3 is 5.97 Å². The number of benzene rings is 2. The second-order valence-electron chi connectivity index (χ2n) is 3.10. The van der Waals surface area contributed by atoms with Gasteiger partial charge in [0.05, 0.1) is 10.6 Å². The summed E-state index contributed by atoms with van der Waals surface area (Å²) >= 11 is 5.85. The maximum Gasteiger partial charge on any atom is 0.345 e. The number of ether oxygens (including phenoxy) is 1. The summed E-state index contributed by atoms with van der Waals surface area (Å²) in [7, 11) is 0. The molecular formula is C13H8ClO2. The van der Waals surface area contributed by atoms with Gasteiger partial charge in [-0.15, -0.1) is 0 Å². The van der Waals surface area contributed by atoms with Crippen LogP contribution < -0.4 is 4.74 Å². The van der Waals surface area contributed by atoms with Crippen molar-refractivity contribution in [2.24, 2.45) is 0 Å². The summed E-state index contributed by atoms with van der Waals surface area (Å²) in [5.74, 6) is -0.0161. The molecule has 2 aromatic rings. The van der Waals surface area contributed by atoms with Gasteiger partial charge in [0, 0.05) is 0 Å². The van der Waals surface area contributed by atoms with E-state index in [9.17, 15) is 4.79 Å². The standard InChI is InChI=1S/C13H8ClO2/c14-12-9-5-4-8-11(12)13(15)16-10-6-2-1-3-7-10/h1-7,9H. The van der Waals surface area contributed by atoms with Gasteiger partial charge in [-0.05, 0) is 24.3 Å². The van der Waals surface area contributed by atoms with Crippen LogP contribution in [-0.4, -0.2) is 5.97 Å². The Morgan fingerprint density at radius 3 is 2.56 bits per heavy atom. The van der Waals surface area contributed by atoms with Crippen molar-refractivity contribution >= 4 is 17.6 Å². The SMILES string of the molecule is O=C(Oc1ccccc1)c1[c]cccc1Cl. The normalized spacial score (nSPS) is 9.81. The van der Waals surface area contributed by atoms with Crippen LogP contribution in [0.15, 0.2) is 48.5 Å². The Morgan fingerprint density at radius 1 is 1.12 bits per heavy atom. The molecule has 0 amide bonds. The molecule has 0 N–H and O–H groups in total. The minimum absolute atomic E-state index is 0.244. The van der Waals surface area contributed by atoms with Gasteiger partial charge < -0.3 is 4.74 Å². The lowest BCUT2D eigenvalue weighted by molar-refractivity contribution is 0.0734. The van der Waals surface area contributed by atoms with Crippen LogP contribution in [0.4, 0.5) is 0 Å². The first-order valence-electron chi connectivity index (χ1n) is 4.71. The van der Waals surface area contributed by atoms with Crippen molar-refractivity contribution in [2.75, 3.05) is 0 Å². The third-order valence-electron chi connectivity index (χ3n) is 1.96. The van der Waals surface area contributed by atoms with E-state index in [2.05, 4.69) is 6.07 Å². The van der Waals surface area contributed by atoms with Crippen LogP contribution >= 0.6 is 11.6 Å². The van der Waals surface area contributed by atoms with Gasteiger partial charge in [0.15, 0.2) is 0 Å². The predicted octanol–water partition coefficient (Wildman–Crippen LogP) is 3.36. The van der Waals surface area contributed by atoms with Gasteiger partial charge in [-0.1, -0.05) is 41.9 Å². The molecule has 0 atom stereocenters. The van der Waals surface area contributed by atoms with Gasteiger partial charge in [0.1, 0.15) is 5.75 Å². The molecule has 2 aromatic carbocycles. The van der Waals surface area contributed by atoms with E-state index in [4.69, 9.17) is 16.3 Å². The van der Waals surface area contributed by atoms with Gasteiger partial charge in [0.25, 0.3) is 0 Å². The fourth-order valence-electron chi connectivity index (χ4n) is 1.22. The maximum atomic E-state index is 11.7. The summed E-state index contributed by atoms with van der Waals surface area (Å²) in [5, 5.41) is 0.337. The minimum atomic E-state index is -0.503. The molecule has 0 saturated heterocycles. The molecule has 0 aromatic heterocycles. The van der Waals surface area contributed by atoms with Crippen molar-refractivity contribution in [2.45, 2.75) is 0 Å². The fourth-order valence-corrected chi connectivity index (χ4v) is 1.42. The van der Waals surface area contributed by atoms with E-state index in [0.29, 0.717) is 10.8 Å². The molecular weight excluding hydrogens is 224 g/mol. The zero-order valence-electron chi connectivity index (χ0n) is 8.31. The highest BCUT2D eigenvalue weighted by atomic mass is 35.5. The largest absolute Gasteiger partial charge is 0.423 e. The number of hydrogen-bond donors (Lipinski definition) is 0. The second kappa shape index (κ2) is 4.81. The van der Waals surface area contributed by atoms with Crippen LogP contribution in [0.5, 0.6) is 5.75 Å². The van der Waals surface area contributed by atoms with E-state index in [1.807, 2.05) is 6.07 Å². The molecule has 2 nitrogen and oxygen atoms in total. The summed E-state index contributed by atoms with van der Waals surface area (Å²) in [6.07, 6.45) is 0. The number of hydrogen-bond acceptors (Lipinski definition) is 2. The van der Waals surface area contributed by atoms with E-state index >= 15 is 0 Å². The van der Waals surface area contributed by atoms with Crippen molar-refractivity contribution in [3.63, 3.8) is 0 Å².